The highest BCUT2D eigenvalue weighted by Crippen LogP contribution is 2.16. The van der Waals surface area contributed by atoms with E-state index in [1.54, 1.807) is 5.51 Å². The van der Waals surface area contributed by atoms with Crippen LogP contribution in [-0.2, 0) is 9.84 Å². The number of thiazole rings is 1. The molecule has 1 atom stereocenters. The average Bonchev–Trinajstić information content (AvgIpc) is 2.56. The molecule has 4 nitrogen and oxygen atoms in total. The van der Waals surface area contributed by atoms with E-state index in [2.05, 4.69) is 10.3 Å². The van der Waals surface area contributed by atoms with E-state index in [0.717, 1.165) is 5.69 Å². The molecule has 0 bridgehead atoms. The van der Waals surface area contributed by atoms with Crippen LogP contribution in [0.1, 0.15) is 18.2 Å². The van der Waals surface area contributed by atoms with Crippen molar-refractivity contribution < 1.29 is 8.42 Å². The van der Waals surface area contributed by atoms with Crippen molar-refractivity contribution in [2.24, 2.45) is 0 Å². The van der Waals surface area contributed by atoms with Gasteiger partial charge in [-0.1, -0.05) is 0 Å². The third-order valence-corrected chi connectivity index (χ3v) is 3.52. The van der Waals surface area contributed by atoms with Gasteiger partial charge in [-0.3, -0.25) is 0 Å². The fraction of sp³-hybridized carbons (Fsp3) is 0.625. The number of sulfone groups is 1. The summed E-state index contributed by atoms with van der Waals surface area (Å²) in [6.45, 7) is 0. The van der Waals surface area contributed by atoms with Crippen molar-refractivity contribution in [2.45, 2.75) is 12.5 Å². The lowest BCUT2D eigenvalue weighted by molar-refractivity contribution is 0.551. The molecule has 0 spiro atoms. The summed E-state index contributed by atoms with van der Waals surface area (Å²) in [5.41, 5.74) is 2.67. The normalized spacial score (nSPS) is 14.1. The molecule has 0 amide bonds. The summed E-state index contributed by atoms with van der Waals surface area (Å²) in [6, 6.07) is 0.0379. The van der Waals surface area contributed by atoms with Gasteiger partial charge in [-0.15, -0.1) is 11.3 Å². The SMILES string of the molecule is CNC(CCS(C)(=O)=O)c1cscn1. The Balaban J connectivity index is 2.57. The number of hydrogen-bond donors (Lipinski definition) is 1. The van der Waals surface area contributed by atoms with Crippen LogP contribution in [0.5, 0.6) is 0 Å². The first kappa shape index (κ1) is 11.6. The molecular formula is C8H14N2O2S2. The van der Waals surface area contributed by atoms with Crippen molar-refractivity contribution >= 4 is 21.2 Å². The maximum Gasteiger partial charge on any atom is 0.147 e. The van der Waals surface area contributed by atoms with Crippen LogP contribution in [0.2, 0.25) is 0 Å². The number of hydrogen-bond acceptors (Lipinski definition) is 5. The highest BCUT2D eigenvalue weighted by atomic mass is 32.2. The highest BCUT2D eigenvalue weighted by molar-refractivity contribution is 7.90. The average molecular weight is 234 g/mol. The summed E-state index contributed by atoms with van der Waals surface area (Å²) in [5.74, 6) is 0.191. The number of nitrogens with zero attached hydrogens (tertiary/aromatic N) is 1. The van der Waals surface area contributed by atoms with E-state index in [0.29, 0.717) is 6.42 Å². The molecule has 0 fully saturated rings. The lowest BCUT2D eigenvalue weighted by Crippen LogP contribution is -2.20. The van der Waals surface area contributed by atoms with Crippen LogP contribution in [0.3, 0.4) is 0 Å². The Hall–Kier alpha value is -0.460. The molecular weight excluding hydrogens is 220 g/mol. The van der Waals surface area contributed by atoms with Gasteiger partial charge < -0.3 is 5.32 Å². The second kappa shape index (κ2) is 4.86. The van der Waals surface area contributed by atoms with Gasteiger partial charge >= 0.3 is 0 Å². The first-order chi connectivity index (χ1) is 6.53. The summed E-state index contributed by atoms with van der Waals surface area (Å²) in [6.07, 6.45) is 1.82. The Bertz CT molecular complexity index is 359. The molecule has 1 rings (SSSR count). The predicted octanol–water partition coefficient (Wildman–Crippen LogP) is 0.838. The quantitative estimate of drug-likeness (QED) is 0.820. The first-order valence-corrected chi connectivity index (χ1v) is 7.26. The second-order valence-electron chi connectivity index (χ2n) is 3.17. The van der Waals surface area contributed by atoms with Crippen molar-refractivity contribution in [3.05, 3.63) is 16.6 Å². The van der Waals surface area contributed by atoms with Gasteiger partial charge in [0.25, 0.3) is 0 Å². The largest absolute Gasteiger partial charge is 0.312 e. The Morgan fingerprint density at radius 1 is 1.64 bits per heavy atom. The third kappa shape index (κ3) is 3.73. The fourth-order valence-electron chi connectivity index (χ4n) is 1.17. The maximum absolute atomic E-state index is 11.0. The molecule has 1 aromatic rings. The van der Waals surface area contributed by atoms with Gasteiger partial charge in [-0.25, -0.2) is 13.4 Å². The Morgan fingerprint density at radius 2 is 2.36 bits per heavy atom. The zero-order chi connectivity index (χ0) is 10.6. The van der Waals surface area contributed by atoms with Gasteiger partial charge in [0.1, 0.15) is 9.84 Å². The smallest absolute Gasteiger partial charge is 0.147 e. The van der Waals surface area contributed by atoms with Crippen molar-refractivity contribution in [2.75, 3.05) is 19.1 Å². The van der Waals surface area contributed by atoms with E-state index in [-0.39, 0.29) is 11.8 Å². The number of aromatic nitrogens is 1. The van der Waals surface area contributed by atoms with E-state index in [9.17, 15) is 8.42 Å². The summed E-state index contributed by atoms with van der Waals surface area (Å²) >= 11 is 1.52. The van der Waals surface area contributed by atoms with Gasteiger partial charge in [0.2, 0.25) is 0 Å². The molecule has 0 aliphatic rings. The molecule has 14 heavy (non-hydrogen) atoms. The number of nitrogens with one attached hydrogen (secondary N) is 1. The molecule has 0 aromatic carbocycles. The summed E-state index contributed by atoms with van der Waals surface area (Å²) in [7, 11) is -1.07. The fourth-order valence-corrected chi connectivity index (χ4v) is 2.44. The van der Waals surface area contributed by atoms with Gasteiger partial charge in [-0.2, -0.15) is 0 Å². The van der Waals surface area contributed by atoms with Crippen molar-refractivity contribution in [1.82, 2.24) is 10.3 Å². The predicted molar refractivity (Wildman–Crippen MR) is 58.2 cm³/mol. The van der Waals surface area contributed by atoms with E-state index in [1.165, 1.54) is 17.6 Å². The Morgan fingerprint density at radius 3 is 2.79 bits per heavy atom. The first-order valence-electron chi connectivity index (χ1n) is 4.26. The third-order valence-electron chi connectivity index (χ3n) is 1.93. The van der Waals surface area contributed by atoms with Gasteiger partial charge in [0.05, 0.1) is 23.0 Å². The molecule has 0 aliphatic heterocycles. The van der Waals surface area contributed by atoms with E-state index in [1.807, 2.05) is 12.4 Å². The Labute approximate surface area is 88.3 Å². The molecule has 0 radical (unpaired) electrons. The zero-order valence-corrected chi connectivity index (χ0v) is 9.86. The van der Waals surface area contributed by atoms with Gasteiger partial charge in [0, 0.05) is 11.6 Å². The van der Waals surface area contributed by atoms with Crippen molar-refractivity contribution in [3.63, 3.8) is 0 Å². The van der Waals surface area contributed by atoms with Crippen LogP contribution in [-0.4, -0.2) is 32.5 Å². The molecule has 1 heterocycles. The van der Waals surface area contributed by atoms with Crippen LogP contribution in [0, 0.1) is 0 Å². The number of rotatable bonds is 5. The summed E-state index contributed by atoms with van der Waals surface area (Å²) < 4.78 is 22.0. The zero-order valence-electron chi connectivity index (χ0n) is 8.23. The molecule has 0 aliphatic carbocycles. The molecule has 0 saturated carbocycles. The van der Waals surface area contributed by atoms with Crippen LogP contribution in [0.4, 0.5) is 0 Å². The minimum atomic E-state index is -2.88. The molecule has 1 unspecified atom stereocenters. The Kier molecular flexibility index (Phi) is 4.03. The lowest BCUT2D eigenvalue weighted by atomic mass is 10.2. The van der Waals surface area contributed by atoms with Crippen molar-refractivity contribution in [1.29, 1.82) is 0 Å². The van der Waals surface area contributed by atoms with Crippen LogP contribution >= 0.6 is 11.3 Å². The monoisotopic (exact) mass is 234 g/mol. The maximum atomic E-state index is 11.0. The van der Waals surface area contributed by atoms with E-state index < -0.39 is 9.84 Å². The van der Waals surface area contributed by atoms with Crippen LogP contribution in [0.25, 0.3) is 0 Å². The molecule has 1 N–H and O–H groups in total. The highest BCUT2D eigenvalue weighted by Gasteiger charge is 2.13. The minimum absolute atomic E-state index is 0.0379. The molecule has 80 valence electrons. The van der Waals surface area contributed by atoms with Gasteiger partial charge in [0.15, 0.2) is 0 Å². The standard InChI is InChI=1S/C8H14N2O2S2/c1-9-7(3-4-14(2,11)12)8-5-13-6-10-8/h5-7,9H,3-4H2,1-2H3. The molecule has 1 aromatic heterocycles. The second-order valence-corrected chi connectivity index (χ2v) is 6.15. The van der Waals surface area contributed by atoms with E-state index in [4.69, 9.17) is 0 Å². The molecule has 6 heteroatoms. The van der Waals surface area contributed by atoms with E-state index >= 15 is 0 Å². The summed E-state index contributed by atoms with van der Waals surface area (Å²) in [4.78, 5) is 4.15. The summed E-state index contributed by atoms with van der Waals surface area (Å²) in [5, 5.41) is 4.99. The molecule has 0 saturated heterocycles. The van der Waals surface area contributed by atoms with Crippen LogP contribution in [0.15, 0.2) is 10.9 Å². The topological polar surface area (TPSA) is 59.1 Å². The van der Waals surface area contributed by atoms with Crippen LogP contribution < -0.4 is 5.32 Å². The van der Waals surface area contributed by atoms with Crippen molar-refractivity contribution in [3.8, 4) is 0 Å². The minimum Gasteiger partial charge on any atom is -0.312 e. The lowest BCUT2D eigenvalue weighted by Gasteiger charge is -2.12. The van der Waals surface area contributed by atoms with Gasteiger partial charge in [-0.05, 0) is 13.5 Å².